The number of imidazole rings is 1. The third-order valence-corrected chi connectivity index (χ3v) is 6.11. The molecule has 8 nitrogen and oxygen atoms in total. The van der Waals surface area contributed by atoms with Crippen LogP contribution < -0.4 is 10.1 Å². The molecule has 0 fully saturated rings. The van der Waals surface area contributed by atoms with E-state index in [9.17, 15) is 9.59 Å². The molecule has 0 saturated heterocycles. The Morgan fingerprint density at radius 3 is 2.55 bits per heavy atom. The van der Waals surface area contributed by atoms with Crippen LogP contribution in [0.1, 0.15) is 22.3 Å². The molecule has 0 radical (unpaired) electrons. The lowest BCUT2D eigenvalue weighted by Crippen LogP contribution is -2.15. The number of pyridine rings is 1. The number of anilines is 1. The number of hydrogen-bond donors (Lipinski definition) is 1. The van der Waals surface area contributed by atoms with Crippen molar-refractivity contribution in [3.63, 3.8) is 0 Å². The Hall–Kier alpha value is -5.37. The summed E-state index contributed by atoms with van der Waals surface area (Å²) >= 11 is 0. The predicted molar refractivity (Wildman–Crippen MR) is 144 cm³/mol. The zero-order chi connectivity index (χ0) is 25.9. The Labute approximate surface area is 218 Å². The van der Waals surface area contributed by atoms with Gasteiger partial charge in [-0.2, -0.15) is 0 Å². The van der Waals surface area contributed by atoms with Crippen molar-refractivity contribution in [1.82, 2.24) is 14.5 Å². The highest BCUT2D eigenvalue weighted by atomic mass is 16.5. The van der Waals surface area contributed by atoms with Gasteiger partial charge in [-0.25, -0.2) is 14.8 Å². The molecule has 0 atom stereocenters. The van der Waals surface area contributed by atoms with Gasteiger partial charge < -0.3 is 14.6 Å². The SMILES string of the molecule is O=C1CC(c2cccc(-n3ccnc3)c2)=Nc2ccc(-c3ccc(OC(=O)c4ccccc4)nc3)cc2N1. The number of amides is 1. The van der Waals surface area contributed by atoms with E-state index < -0.39 is 5.97 Å². The molecule has 3 heterocycles. The molecule has 184 valence electrons. The first-order valence-corrected chi connectivity index (χ1v) is 12.0. The number of nitrogens with one attached hydrogen (secondary N) is 1. The lowest BCUT2D eigenvalue weighted by atomic mass is 10.1. The van der Waals surface area contributed by atoms with E-state index in [-0.39, 0.29) is 18.2 Å². The number of fused-ring (bicyclic) bond motifs is 1. The third kappa shape index (κ3) is 4.83. The fraction of sp³-hybridized carbons (Fsp3) is 0.0333. The Bertz CT molecular complexity index is 1660. The van der Waals surface area contributed by atoms with E-state index in [1.165, 1.54) is 0 Å². The number of ether oxygens (including phenoxy) is 1. The Kier molecular flexibility index (Phi) is 6.03. The van der Waals surface area contributed by atoms with Gasteiger partial charge in [-0.15, -0.1) is 0 Å². The van der Waals surface area contributed by atoms with Crippen LogP contribution in [-0.2, 0) is 4.79 Å². The van der Waals surface area contributed by atoms with Crippen LogP contribution in [0.5, 0.6) is 5.88 Å². The highest BCUT2D eigenvalue weighted by Crippen LogP contribution is 2.34. The summed E-state index contributed by atoms with van der Waals surface area (Å²) in [4.78, 5) is 38.3. The van der Waals surface area contributed by atoms with E-state index in [0.29, 0.717) is 22.6 Å². The van der Waals surface area contributed by atoms with Crippen LogP contribution in [-0.4, -0.2) is 32.1 Å². The average Bonchev–Trinajstić information content (AvgIpc) is 3.44. The minimum absolute atomic E-state index is 0.144. The first kappa shape index (κ1) is 23.1. The van der Waals surface area contributed by atoms with Gasteiger partial charge in [-0.1, -0.05) is 36.4 Å². The molecule has 0 spiro atoms. The summed E-state index contributed by atoms with van der Waals surface area (Å²) in [5.41, 5.74) is 5.88. The molecule has 5 aromatic rings. The zero-order valence-corrected chi connectivity index (χ0v) is 20.1. The molecule has 0 aliphatic carbocycles. The second-order valence-electron chi connectivity index (χ2n) is 8.68. The second-order valence-corrected chi connectivity index (χ2v) is 8.68. The number of carbonyl (C=O) groups is 2. The molecule has 8 heteroatoms. The molecule has 0 saturated carbocycles. The van der Waals surface area contributed by atoms with Crippen molar-refractivity contribution in [1.29, 1.82) is 0 Å². The number of carbonyl (C=O) groups excluding carboxylic acids is 2. The average molecular weight is 500 g/mol. The summed E-state index contributed by atoms with van der Waals surface area (Å²) in [6, 6.07) is 25.7. The van der Waals surface area contributed by atoms with Gasteiger partial charge in [0.15, 0.2) is 0 Å². The van der Waals surface area contributed by atoms with Crippen LogP contribution in [0.25, 0.3) is 16.8 Å². The van der Waals surface area contributed by atoms with Gasteiger partial charge >= 0.3 is 5.97 Å². The van der Waals surface area contributed by atoms with Crippen molar-refractivity contribution in [2.75, 3.05) is 5.32 Å². The monoisotopic (exact) mass is 499 g/mol. The molecule has 2 aromatic heterocycles. The lowest BCUT2D eigenvalue weighted by molar-refractivity contribution is -0.115. The Morgan fingerprint density at radius 2 is 1.76 bits per heavy atom. The first-order valence-electron chi connectivity index (χ1n) is 12.0. The first-order chi connectivity index (χ1) is 18.6. The molecule has 1 aliphatic rings. The topological polar surface area (TPSA) is 98.5 Å². The summed E-state index contributed by atoms with van der Waals surface area (Å²) in [5, 5.41) is 2.97. The third-order valence-electron chi connectivity index (χ3n) is 6.11. The zero-order valence-electron chi connectivity index (χ0n) is 20.1. The van der Waals surface area contributed by atoms with Gasteiger partial charge in [0.05, 0.1) is 35.4 Å². The molecule has 1 aliphatic heterocycles. The van der Waals surface area contributed by atoms with E-state index in [0.717, 1.165) is 22.4 Å². The van der Waals surface area contributed by atoms with Crippen LogP contribution >= 0.6 is 0 Å². The number of benzene rings is 3. The van der Waals surface area contributed by atoms with Crippen molar-refractivity contribution in [3.05, 3.63) is 121 Å². The number of aromatic nitrogens is 3. The van der Waals surface area contributed by atoms with Gasteiger partial charge in [0.1, 0.15) is 0 Å². The minimum atomic E-state index is -0.470. The van der Waals surface area contributed by atoms with Crippen molar-refractivity contribution in [2.24, 2.45) is 4.99 Å². The van der Waals surface area contributed by atoms with E-state index in [4.69, 9.17) is 9.73 Å². The Balaban J connectivity index is 1.25. The van der Waals surface area contributed by atoms with Crippen molar-refractivity contribution >= 4 is 29.0 Å². The molecular formula is C30H21N5O3. The number of aliphatic imine (C=N–C) groups is 1. The maximum absolute atomic E-state index is 12.8. The summed E-state index contributed by atoms with van der Waals surface area (Å²) in [6.45, 7) is 0. The van der Waals surface area contributed by atoms with Gasteiger partial charge in [0, 0.05) is 35.9 Å². The smallest absolute Gasteiger partial charge is 0.344 e. The van der Waals surface area contributed by atoms with Gasteiger partial charge in [-0.3, -0.25) is 9.79 Å². The lowest BCUT2D eigenvalue weighted by Gasteiger charge is -2.09. The number of hydrogen-bond acceptors (Lipinski definition) is 6. The quantitative estimate of drug-likeness (QED) is 0.317. The molecule has 38 heavy (non-hydrogen) atoms. The number of nitrogens with zero attached hydrogens (tertiary/aromatic N) is 4. The molecule has 1 N–H and O–H groups in total. The van der Waals surface area contributed by atoms with Crippen molar-refractivity contribution in [2.45, 2.75) is 6.42 Å². The summed E-state index contributed by atoms with van der Waals surface area (Å²) in [7, 11) is 0. The van der Waals surface area contributed by atoms with Crippen LogP contribution in [0.3, 0.4) is 0 Å². The van der Waals surface area contributed by atoms with Gasteiger partial charge in [-0.05, 0) is 53.6 Å². The van der Waals surface area contributed by atoms with Crippen LogP contribution in [0, 0.1) is 0 Å². The highest BCUT2D eigenvalue weighted by molar-refractivity contribution is 6.17. The standard InChI is InChI=1S/C30H21N5O3/c36-28-17-26(22-7-4-8-24(15-22)35-14-13-31-19-35)33-25-11-9-21(16-27(25)34-28)23-10-12-29(32-18-23)38-30(37)20-5-2-1-3-6-20/h1-16,18-19H,17H2,(H,34,36). The van der Waals surface area contributed by atoms with Crippen LogP contribution in [0.4, 0.5) is 11.4 Å². The maximum atomic E-state index is 12.8. The fourth-order valence-corrected chi connectivity index (χ4v) is 4.21. The molecule has 0 unspecified atom stereocenters. The van der Waals surface area contributed by atoms with Crippen LogP contribution in [0.15, 0.2) is 115 Å². The number of rotatable bonds is 5. The van der Waals surface area contributed by atoms with Crippen molar-refractivity contribution in [3.8, 4) is 22.7 Å². The highest BCUT2D eigenvalue weighted by Gasteiger charge is 2.18. The molecule has 6 rings (SSSR count). The van der Waals surface area contributed by atoms with E-state index in [2.05, 4.69) is 15.3 Å². The van der Waals surface area contributed by atoms with Crippen molar-refractivity contribution < 1.29 is 14.3 Å². The molecule has 1 amide bonds. The molecular weight excluding hydrogens is 478 g/mol. The van der Waals surface area contributed by atoms with Crippen LogP contribution in [0.2, 0.25) is 0 Å². The van der Waals surface area contributed by atoms with E-state index in [1.54, 1.807) is 49.1 Å². The minimum Gasteiger partial charge on any atom is -0.404 e. The van der Waals surface area contributed by atoms with Gasteiger partial charge in [0.2, 0.25) is 11.8 Å². The number of esters is 1. The summed E-state index contributed by atoms with van der Waals surface area (Å²) in [5.74, 6) is -0.408. The second kappa shape index (κ2) is 9.94. The fourth-order valence-electron chi connectivity index (χ4n) is 4.21. The predicted octanol–water partition coefficient (Wildman–Crippen LogP) is 5.62. The Morgan fingerprint density at radius 1 is 0.895 bits per heavy atom. The van der Waals surface area contributed by atoms with Gasteiger partial charge in [0.25, 0.3) is 0 Å². The maximum Gasteiger partial charge on any atom is 0.344 e. The van der Waals surface area contributed by atoms with E-state index in [1.807, 2.05) is 65.4 Å². The normalized spacial score (nSPS) is 12.6. The summed E-state index contributed by atoms with van der Waals surface area (Å²) in [6.07, 6.45) is 7.10. The largest absolute Gasteiger partial charge is 0.404 e. The van der Waals surface area contributed by atoms with E-state index >= 15 is 0 Å². The molecule has 0 bridgehead atoms. The molecule has 3 aromatic carbocycles. The summed E-state index contributed by atoms with van der Waals surface area (Å²) < 4.78 is 7.27.